The summed E-state index contributed by atoms with van der Waals surface area (Å²) in [5, 5.41) is 8.50. The molecule has 0 rings (SSSR count). The van der Waals surface area contributed by atoms with Crippen molar-refractivity contribution in [1.82, 2.24) is 0 Å². The van der Waals surface area contributed by atoms with Gasteiger partial charge >= 0.3 is 6.18 Å². The second kappa shape index (κ2) is 3.78. The molecule has 62 valence electrons. The molecule has 0 bridgehead atoms. The molecule has 0 aliphatic carbocycles. The zero-order chi connectivity index (χ0) is 8.20. The van der Waals surface area contributed by atoms with Gasteiger partial charge in [0.2, 0.25) is 0 Å². The highest BCUT2D eigenvalue weighted by molar-refractivity contribution is 4.51. The molecule has 10 heavy (non-hydrogen) atoms. The number of hydrogen-bond donors (Lipinski definition) is 1. The highest BCUT2D eigenvalue weighted by Crippen LogP contribution is 2.22. The monoisotopic (exact) mass is 158 g/mol. The van der Waals surface area contributed by atoms with Gasteiger partial charge in [0.05, 0.1) is 0 Å². The van der Waals surface area contributed by atoms with E-state index in [-0.39, 0.29) is 0 Å². The van der Waals surface area contributed by atoms with Crippen LogP contribution >= 0.6 is 0 Å². The third-order valence-electron chi connectivity index (χ3n) is 0.947. The average molecular weight is 158 g/mol. The van der Waals surface area contributed by atoms with Gasteiger partial charge in [-0.25, -0.2) is 0 Å². The van der Waals surface area contributed by atoms with Crippen molar-refractivity contribution >= 4 is 0 Å². The van der Waals surface area contributed by atoms with Crippen LogP contribution < -0.4 is 0 Å². The molecule has 0 aromatic carbocycles. The van der Waals surface area contributed by atoms with Crippen LogP contribution in [0.25, 0.3) is 0 Å². The number of rotatable bonds is 3. The summed E-state index contributed by atoms with van der Waals surface area (Å²) in [6.07, 6.45) is -6.93. The van der Waals surface area contributed by atoms with E-state index < -0.39 is 25.3 Å². The van der Waals surface area contributed by atoms with E-state index in [1.165, 1.54) is 0 Å². The molecular weight excluding hydrogens is 149 g/mol. The Morgan fingerprint density at radius 2 is 2.00 bits per heavy atom. The van der Waals surface area contributed by atoms with Gasteiger partial charge in [0.1, 0.15) is 0 Å². The van der Waals surface area contributed by atoms with Crippen LogP contribution in [0.5, 0.6) is 0 Å². The summed E-state index contributed by atoms with van der Waals surface area (Å²) in [4.78, 5) is 0. The molecule has 1 N–H and O–H groups in total. The predicted molar refractivity (Wildman–Crippen MR) is 28.3 cm³/mol. The van der Waals surface area contributed by atoms with E-state index in [2.05, 4.69) is 4.74 Å². The fourth-order valence-corrected chi connectivity index (χ4v) is 0.405. The summed E-state index contributed by atoms with van der Waals surface area (Å²) >= 11 is 0. The molecule has 0 aromatic heterocycles. The maximum absolute atomic E-state index is 11.4. The first kappa shape index (κ1) is 9.71. The Morgan fingerprint density at radius 3 is 2.30 bits per heavy atom. The topological polar surface area (TPSA) is 29.5 Å². The van der Waals surface area contributed by atoms with Crippen LogP contribution in [0.2, 0.25) is 0 Å². The van der Waals surface area contributed by atoms with Gasteiger partial charge in [0.15, 0.2) is 6.29 Å². The van der Waals surface area contributed by atoms with Crippen LogP contribution in [0.3, 0.4) is 0 Å². The molecule has 1 unspecified atom stereocenters. The quantitative estimate of drug-likeness (QED) is 0.627. The van der Waals surface area contributed by atoms with E-state index in [0.717, 1.165) is 7.11 Å². The summed E-state index contributed by atoms with van der Waals surface area (Å²) in [5.41, 5.74) is 0. The average Bonchev–Trinajstić information content (AvgIpc) is 1.81. The van der Waals surface area contributed by atoms with Crippen molar-refractivity contribution in [3.05, 3.63) is 0 Å². The normalized spacial score (nSPS) is 15.3. The molecule has 0 aromatic rings. The second-order valence-corrected chi connectivity index (χ2v) is 1.84. The number of aliphatic hydroxyl groups is 1. The van der Waals surface area contributed by atoms with Crippen molar-refractivity contribution in [2.75, 3.05) is 7.11 Å². The second-order valence-electron chi connectivity index (χ2n) is 1.84. The van der Waals surface area contributed by atoms with Crippen molar-refractivity contribution in [2.45, 2.75) is 25.3 Å². The molecule has 0 saturated heterocycles. The molecule has 0 radical (unpaired) electrons. The summed E-state index contributed by atoms with van der Waals surface area (Å²) in [6.45, 7) is 0. The van der Waals surface area contributed by atoms with Crippen molar-refractivity contribution in [2.24, 2.45) is 0 Å². The summed E-state index contributed by atoms with van der Waals surface area (Å²) in [6, 6.07) is 0. The molecule has 0 aliphatic heterocycles. The first-order valence-corrected chi connectivity index (χ1v) is 2.73. The largest absolute Gasteiger partial charge is 0.389 e. The van der Waals surface area contributed by atoms with Gasteiger partial charge in [0, 0.05) is 20.0 Å². The minimum absolute atomic E-state index is 0.403. The van der Waals surface area contributed by atoms with Crippen molar-refractivity contribution in [3.8, 4) is 0 Å². The zero-order valence-corrected chi connectivity index (χ0v) is 5.48. The van der Waals surface area contributed by atoms with Crippen molar-refractivity contribution in [1.29, 1.82) is 0 Å². The van der Waals surface area contributed by atoms with Crippen LogP contribution in [-0.2, 0) is 4.74 Å². The zero-order valence-electron chi connectivity index (χ0n) is 5.48. The lowest BCUT2D eigenvalue weighted by Gasteiger charge is -2.09. The molecule has 0 fully saturated rings. The molecule has 0 spiro atoms. The van der Waals surface area contributed by atoms with Gasteiger partial charge in [-0.05, 0) is 0 Å². The van der Waals surface area contributed by atoms with E-state index >= 15 is 0 Å². The third kappa shape index (κ3) is 5.84. The van der Waals surface area contributed by atoms with Gasteiger partial charge in [0.25, 0.3) is 0 Å². The Kier molecular flexibility index (Phi) is 3.67. The van der Waals surface area contributed by atoms with E-state index in [0.29, 0.717) is 0 Å². The molecule has 0 aliphatic rings. The van der Waals surface area contributed by atoms with E-state index in [1.54, 1.807) is 0 Å². The van der Waals surface area contributed by atoms with Crippen molar-refractivity contribution in [3.63, 3.8) is 0 Å². The molecule has 2 nitrogen and oxygen atoms in total. The SMILES string of the molecule is COC(O)CCC(F)(F)F. The Balaban J connectivity index is 3.36. The summed E-state index contributed by atoms with van der Waals surface area (Å²) in [7, 11) is 1.15. The summed E-state index contributed by atoms with van der Waals surface area (Å²) in [5.74, 6) is 0. The molecule has 5 heteroatoms. The van der Waals surface area contributed by atoms with Crippen molar-refractivity contribution < 1.29 is 23.0 Å². The highest BCUT2D eigenvalue weighted by Gasteiger charge is 2.27. The number of aliphatic hydroxyl groups excluding tert-OH is 1. The van der Waals surface area contributed by atoms with Crippen LogP contribution in [0.15, 0.2) is 0 Å². The van der Waals surface area contributed by atoms with E-state index in [9.17, 15) is 13.2 Å². The van der Waals surface area contributed by atoms with Gasteiger partial charge in [-0.15, -0.1) is 0 Å². The lowest BCUT2D eigenvalue weighted by atomic mass is 10.3. The lowest BCUT2D eigenvalue weighted by Crippen LogP contribution is -2.15. The third-order valence-corrected chi connectivity index (χ3v) is 0.947. The fourth-order valence-electron chi connectivity index (χ4n) is 0.405. The van der Waals surface area contributed by atoms with Crippen LogP contribution in [0.4, 0.5) is 13.2 Å². The summed E-state index contributed by atoms with van der Waals surface area (Å²) < 4.78 is 38.4. The highest BCUT2D eigenvalue weighted by atomic mass is 19.4. The minimum atomic E-state index is -4.21. The number of halogens is 3. The molecule has 0 saturated carbocycles. The van der Waals surface area contributed by atoms with Crippen LogP contribution in [-0.4, -0.2) is 24.7 Å². The number of methoxy groups -OCH3 is 1. The van der Waals surface area contributed by atoms with E-state index in [1.807, 2.05) is 0 Å². The molecule has 0 amide bonds. The predicted octanol–water partition coefficient (Wildman–Crippen LogP) is 1.29. The first-order valence-electron chi connectivity index (χ1n) is 2.73. The lowest BCUT2D eigenvalue weighted by molar-refractivity contribution is -0.157. The van der Waals surface area contributed by atoms with Gasteiger partial charge in [-0.3, -0.25) is 0 Å². The first-order chi connectivity index (χ1) is 4.45. The molecule has 1 atom stereocenters. The van der Waals surface area contributed by atoms with Gasteiger partial charge in [-0.1, -0.05) is 0 Å². The van der Waals surface area contributed by atoms with Crippen LogP contribution in [0.1, 0.15) is 12.8 Å². The number of ether oxygens (including phenoxy) is 1. The van der Waals surface area contributed by atoms with Gasteiger partial charge in [-0.2, -0.15) is 13.2 Å². The number of alkyl halides is 3. The standard InChI is InChI=1S/C5H9F3O2/c1-10-4(9)2-3-5(6,7)8/h4,9H,2-3H2,1H3. The number of hydrogen-bond acceptors (Lipinski definition) is 2. The Morgan fingerprint density at radius 1 is 1.50 bits per heavy atom. The van der Waals surface area contributed by atoms with Crippen LogP contribution in [0, 0.1) is 0 Å². The van der Waals surface area contributed by atoms with Gasteiger partial charge < -0.3 is 9.84 Å². The molecular formula is C5H9F3O2. The Hall–Kier alpha value is -0.290. The minimum Gasteiger partial charge on any atom is -0.368 e. The maximum Gasteiger partial charge on any atom is 0.389 e. The Bertz CT molecular complexity index is 91.4. The Labute approximate surface area is 56.6 Å². The maximum atomic E-state index is 11.4. The molecule has 0 heterocycles. The fraction of sp³-hybridized carbons (Fsp3) is 1.00. The smallest absolute Gasteiger partial charge is 0.368 e. The van der Waals surface area contributed by atoms with E-state index in [4.69, 9.17) is 5.11 Å².